The minimum Gasteiger partial charge on any atom is -0.348 e. The molecule has 0 saturated carbocycles. The molecule has 2 rings (SSSR count). The maximum atomic E-state index is 2.28. The molecule has 1 nitrogen and oxygen atoms in total. The number of allylic oxidation sites excluding steroid dienone is 2. The van der Waals surface area contributed by atoms with E-state index in [0.29, 0.717) is 0 Å². The molecule has 1 aliphatic carbocycles. The van der Waals surface area contributed by atoms with E-state index in [2.05, 4.69) is 63.6 Å². The van der Waals surface area contributed by atoms with E-state index in [0.717, 1.165) is 0 Å². The smallest absolute Gasteiger partial charge is 0.0479 e. The van der Waals surface area contributed by atoms with Gasteiger partial charge in [0.25, 0.3) is 0 Å². The van der Waals surface area contributed by atoms with Gasteiger partial charge < -0.3 is 4.57 Å². The third-order valence-electron chi connectivity index (χ3n) is 3.44. The van der Waals surface area contributed by atoms with Gasteiger partial charge in [-0.2, -0.15) is 0 Å². The predicted molar refractivity (Wildman–Crippen MR) is 66.7 cm³/mol. The number of fused-ring (bicyclic) bond motifs is 1. The highest BCUT2D eigenvalue weighted by atomic mass is 15.0. The van der Waals surface area contributed by atoms with Crippen molar-refractivity contribution in [1.29, 1.82) is 0 Å². The van der Waals surface area contributed by atoms with Gasteiger partial charge in [0.2, 0.25) is 0 Å². The Morgan fingerprint density at radius 3 is 2.33 bits per heavy atom. The van der Waals surface area contributed by atoms with Crippen LogP contribution in [0, 0.1) is 19.3 Å². The van der Waals surface area contributed by atoms with Gasteiger partial charge in [-0.25, -0.2) is 0 Å². The standard InChI is InChI=1S/C14H19N/c1-10-11(2)15(5)13-7-9-14(3,4)8-6-12(10)13/h6-9H,1-5H3. The van der Waals surface area contributed by atoms with Crippen molar-refractivity contribution in [2.45, 2.75) is 27.7 Å². The quantitative estimate of drug-likeness (QED) is 0.603. The first-order chi connectivity index (χ1) is 6.92. The summed E-state index contributed by atoms with van der Waals surface area (Å²) in [5.41, 5.74) is 5.61. The summed E-state index contributed by atoms with van der Waals surface area (Å²) in [5, 5.41) is 0. The van der Waals surface area contributed by atoms with Gasteiger partial charge in [0.1, 0.15) is 0 Å². The maximum Gasteiger partial charge on any atom is 0.0479 e. The molecule has 0 radical (unpaired) electrons. The van der Waals surface area contributed by atoms with E-state index >= 15 is 0 Å². The molecule has 0 bridgehead atoms. The lowest BCUT2D eigenvalue weighted by Gasteiger charge is -2.12. The van der Waals surface area contributed by atoms with E-state index < -0.39 is 0 Å². The van der Waals surface area contributed by atoms with Crippen LogP contribution in [0.15, 0.2) is 12.2 Å². The molecule has 0 aromatic carbocycles. The first kappa shape index (κ1) is 10.3. The van der Waals surface area contributed by atoms with Gasteiger partial charge in [-0.15, -0.1) is 0 Å². The molecule has 0 amide bonds. The van der Waals surface area contributed by atoms with Crippen LogP contribution in [-0.2, 0) is 7.05 Å². The zero-order valence-corrected chi connectivity index (χ0v) is 10.3. The van der Waals surface area contributed by atoms with Crippen LogP contribution in [0.2, 0.25) is 0 Å². The van der Waals surface area contributed by atoms with Gasteiger partial charge in [-0.3, -0.25) is 0 Å². The van der Waals surface area contributed by atoms with Crippen LogP contribution >= 0.6 is 0 Å². The summed E-state index contributed by atoms with van der Waals surface area (Å²) in [5.74, 6) is 0. The molecule has 0 spiro atoms. The minimum atomic E-state index is 0.166. The third kappa shape index (κ3) is 1.56. The molecule has 1 heteroatoms. The molecule has 1 aromatic rings. The van der Waals surface area contributed by atoms with E-state index in [1.54, 1.807) is 0 Å². The van der Waals surface area contributed by atoms with E-state index in [9.17, 15) is 0 Å². The Morgan fingerprint density at radius 2 is 1.67 bits per heavy atom. The molecule has 15 heavy (non-hydrogen) atoms. The van der Waals surface area contributed by atoms with Crippen LogP contribution in [0.1, 0.15) is 36.4 Å². The number of hydrogen-bond donors (Lipinski definition) is 0. The van der Waals surface area contributed by atoms with E-state index in [-0.39, 0.29) is 5.41 Å². The molecule has 80 valence electrons. The minimum absolute atomic E-state index is 0.166. The molecule has 0 fully saturated rings. The molecule has 0 atom stereocenters. The zero-order chi connectivity index (χ0) is 11.2. The fraction of sp³-hybridized carbons (Fsp3) is 0.429. The zero-order valence-electron chi connectivity index (χ0n) is 10.3. The van der Waals surface area contributed by atoms with Crippen molar-refractivity contribution < 1.29 is 0 Å². The summed E-state index contributed by atoms with van der Waals surface area (Å²) < 4.78 is 2.27. The molecule has 0 saturated heterocycles. The van der Waals surface area contributed by atoms with Crippen LogP contribution < -0.4 is 0 Å². The predicted octanol–water partition coefficient (Wildman–Crippen LogP) is 3.71. The third-order valence-corrected chi connectivity index (χ3v) is 3.44. The van der Waals surface area contributed by atoms with Gasteiger partial charge in [0, 0.05) is 29.4 Å². The van der Waals surface area contributed by atoms with E-state index in [1.807, 2.05) is 0 Å². The van der Waals surface area contributed by atoms with Crippen LogP contribution in [0.4, 0.5) is 0 Å². The van der Waals surface area contributed by atoms with Crippen molar-refractivity contribution in [3.63, 3.8) is 0 Å². The number of aromatic nitrogens is 1. The largest absolute Gasteiger partial charge is 0.348 e. The van der Waals surface area contributed by atoms with Gasteiger partial charge in [0.15, 0.2) is 0 Å². The van der Waals surface area contributed by atoms with Crippen molar-refractivity contribution in [2.24, 2.45) is 12.5 Å². The number of hydrogen-bond acceptors (Lipinski definition) is 0. The van der Waals surface area contributed by atoms with Crippen molar-refractivity contribution in [2.75, 3.05) is 0 Å². The Morgan fingerprint density at radius 1 is 1.07 bits per heavy atom. The van der Waals surface area contributed by atoms with E-state index in [4.69, 9.17) is 0 Å². The van der Waals surface area contributed by atoms with Crippen molar-refractivity contribution in [3.8, 4) is 0 Å². The van der Waals surface area contributed by atoms with Crippen molar-refractivity contribution >= 4 is 12.2 Å². The Kier molecular flexibility index (Phi) is 2.14. The summed E-state index contributed by atoms with van der Waals surface area (Å²) >= 11 is 0. The molecule has 0 aliphatic heterocycles. The molecule has 1 heterocycles. The summed E-state index contributed by atoms with van der Waals surface area (Å²) in [6.07, 6.45) is 9.06. The van der Waals surface area contributed by atoms with Gasteiger partial charge in [-0.05, 0) is 25.5 Å². The fourth-order valence-electron chi connectivity index (χ4n) is 2.06. The topological polar surface area (TPSA) is 4.93 Å². The van der Waals surface area contributed by atoms with Crippen molar-refractivity contribution in [3.05, 3.63) is 34.7 Å². The Labute approximate surface area is 92.1 Å². The molecule has 0 N–H and O–H groups in total. The highest BCUT2D eigenvalue weighted by molar-refractivity contribution is 5.70. The summed E-state index contributed by atoms with van der Waals surface area (Å²) in [7, 11) is 2.14. The fourth-order valence-corrected chi connectivity index (χ4v) is 2.06. The van der Waals surface area contributed by atoms with Gasteiger partial charge >= 0.3 is 0 Å². The Hall–Kier alpha value is -1.24. The highest BCUT2D eigenvalue weighted by Gasteiger charge is 2.17. The highest BCUT2D eigenvalue weighted by Crippen LogP contribution is 2.31. The first-order valence-electron chi connectivity index (χ1n) is 5.47. The number of nitrogens with zero attached hydrogens (tertiary/aromatic N) is 1. The average Bonchev–Trinajstić information content (AvgIpc) is 2.34. The van der Waals surface area contributed by atoms with Gasteiger partial charge in [-0.1, -0.05) is 32.1 Å². The second kappa shape index (κ2) is 3.13. The van der Waals surface area contributed by atoms with Crippen molar-refractivity contribution in [1.82, 2.24) is 4.57 Å². The van der Waals surface area contributed by atoms with Crippen LogP contribution in [0.3, 0.4) is 0 Å². The molecule has 1 aromatic heterocycles. The molecule has 0 unspecified atom stereocenters. The second-order valence-electron chi connectivity index (χ2n) is 5.06. The monoisotopic (exact) mass is 201 g/mol. The van der Waals surface area contributed by atoms with E-state index in [1.165, 1.54) is 22.5 Å². The van der Waals surface area contributed by atoms with Crippen LogP contribution in [0.25, 0.3) is 12.2 Å². The molecular weight excluding hydrogens is 182 g/mol. The SMILES string of the molecule is Cc1c2c(n(C)c1C)C=CC(C)(C)C=C2. The lowest BCUT2D eigenvalue weighted by Crippen LogP contribution is -2.01. The van der Waals surface area contributed by atoms with Crippen LogP contribution in [0.5, 0.6) is 0 Å². The normalized spacial score (nSPS) is 17.7. The van der Waals surface area contributed by atoms with Crippen LogP contribution in [-0.4, -0.2) is 4.57 Å². The molecule has 1 aliphatic rings. The second-order valence-corrected chi connectivity index (χ2v) is 5.06. The lowest BCUT2D eigenvalue weighted by molar-refractivity contribution is 0.633. The summed E-state index contributed by atoms with van der Waals surface area (Å²) in [6, 6.07) is 0. The summed E-state index contributed by atoms with van der Waals surface area (Å²) in [4.78, 5) is 0. The molecular formula is C14H19N. The first-order valence-corrected chi connectivity index (χ1v) is 5.47. The Balaban J connectivity index is 2.67. The summed E-state index contributed by atoms with van der Waals surface area (Å²) in [6.45, 7) is 8.84. The average molecular weight is 201 g/mol. The lowest BCUT2D eigenvalue weighted by atomic mass is 9.93. The maximum absolute atomic E-state index is 2.28. The number of rotatable bonds is 0. The van der Waals surface area contributed by atoms with Gasteiger partial charge in [0.05, 0.1) is 0 Å². The Bertz CT molecular complexity index is 417.